The number of methoxy groups -OCH3 is 1. The molecule has 0 heterocycles. The first kappa shape index (κ1) is 13.9. The molecule has 18 heavy (non-hydrogen) atoms. The van der Waals surface area contributed by atoms with Gasteiger partial charge >= 0.3 is 0 Å². The van der Waals surface area contributed by atoms with Crippen LogP contribution >= 0.6 is 15.9 Å². The van der Waals surface area contributed by atoms with Crippen molar-refractivity contribution in [2.45, 2.75) is 51.6 Å². The summed E-state index contributed by atoms with van der Waals surface area (Å²) in [5.41, 5.74) is 2.73. The largest absolute Gasteiger partial charge is 0.495 e. The van der Waals surface area contributed by atoms with Crippen LogP contribution in [0.25, 0.3) is 0 Å². The van der Waals surface area contributed by atoms with Gasteiger partial charge in [0, 0.05) is 5.56 Å². The number of aryl methyl sites for hydroxylation is 1. The zero-order valence-corrected chi connectivity index (χ0v) is 12.9. The molecule has 1 aromatic rings. The van der Waals surface area contributed by atoms with Gasteiger partial charge in [-0.05, 0) is 72.7 Å². The van der Waals surface area contributed by atoms with Crippen molar-refractivity contribution in [1.82, 2.24) is 0 Å². The maximum absolute atomic E-state index is 10.5. The van der Waals surface area contributed by atoms with Gasteiger partial charge in [-0.15, -0.1) is 0 Å². The first-order chi connectivity index (χ1) is 8.45. The zero-order chi connectivity index (χ0) is 13.3. The van der Waals surface area contributed by atoms with Crippen LogP contribution in [0, 0.1) is 0 Å². The molecule has 0 amide bonds. The standard InChI is InChI=1S/C15H21BrO2/c1-15(2,17)13-11-8-6-4-5-7-10(11)9-12(16)14(13)18-3/h9,17H,4-8H2,1-3H3. The normalized spacial score (nSPS) is 16.1. The van der Waals surface area contributed by atoms with Crippen molar-refractivity contribution in [2.24, 2.45) is 0 Å². The minimum Gasteiger partial charge on any atom is -0.495 e. The first-order valence-corrected chi connectivity index (χ1v) is 7.35. The highest BCUT2D eigenvalue weighted by Gasteiger charge is 2.28. The number of hydrogen-bond donors (Lipinski definition) is 1. The number of ether oxygens (including phenoxy) is 1. The van der Waals surface area contributed by atoms with E-state index in [9.17, 15) is 5.11 Å². The third kappa shape index (κ3) is 2.57. The van der Waals surface area contributed by atoms with Gasteiger partial charge in [0.1, 0.15) is 5.75 Å². The second kappa shape index (κ2) is 5.22. The maximum atomic E-state index is 10.5. The molecule has 1 aliphatic rings. The van der Waals surface area contributed by atoms with E-state index in [0.717, 1.165) is 28.6 Å². The fourth-order valence-electron chi connectivity index (χ4n) is 2.87. The minimum absolute atomic E-state index is 0.781. The Hall–Kier alpha value is -0.540. The van der Waals surface area contributed by atoms with Crippen molar-refractivity contribution in [1.29, 1.82) is 0 Å². The number of benzene rings is 1. The fraction of sp³-hybridized carbons (Fsp3) is 0.600. The Labute approximate surface area is 117 Å². The lowest BCUT2D eigenvalue weighted by molar-refractivity contribution is 0.0744. The van der Waals surface area contributed by atoms with Gasteiger partial charge in [-0.25, -0.2) is 0 Å². The van der Waals surface area contributed by atoms with Crippen molar-refractivity contribution >= 4 is 15.9 Å². The van der Waals surface area contributed by atoms with Gasteiger partial charge in [0.25, 0.3) is 0 Å². The molecule has 100 valence electrons. The molecule has 0 spiro atoms. The van der Waals surface area contributed by atoms with Crippen molar-refractivity contribution < 1.29 is 9.84 Å². The summed E-state index contributed by atoms with van der Waals surface area (Å²) in [6, 6.07) is 2.16. The quantitative estimate of drug-likeness (QED) is 0.838. The number of fused-ring (bicyclic) bond motifs is 1. The summed E-state index contributed by atoms with van der Waals surface area (Å²) in [4.78, 5) is 0. The molecule has 0 saturated carbocycles. The molecule has 0 unspecified atom stereocenters. The minimum atomic E-state index is -0.871. The highest BCUT2D eigenvalue weighted by atomic mass is 79.9. The van der Waals surface area contributed by atoms with E-state index >= 15 is 0 Å². The molecule has 1 aromatic carbocycles. The van der Waals surface area contributed by atoms with Crippen molar-refractivity contribution in [3.8, 4) is 5.75 Å². The van der Waals surface area contributed by atoms with Crippen LogP contribution in [0.2, 0.25) is 0 Å². The van der Waals surface area contributed by atoms with Gasteiger partial charge in [0.15, 0.2) is 0 Å². The number of rotatable bonds is 2. The van der Waals surface area contributed by atoms with E-state index in [2.05, 4.69) is 22.0 Å². The average molecular weight is 313 g/mol. The van der Waals surface area contributed by atoms with Gasteiger partial charge in [-0.2, -0.15) is 0 Å². The van der Waals surface area contributed by atoms with E-state index in [4.69, 9.17) is 4.74 Å². The predicted octanol–water partition coefficient (Wildman–Crippen LogP) is 3.95. The van der Waals surface area contributed by atoms with Gasteiger partial charge < -0.3 is 9.84 Å². The summed E-state index contributed by atoms with van der Waals surface area (Å²) >= 11 is 3.57. The molecule has 1 N–H and O–H groups in total. The SMILES string of the molecule is COc1c(Br)cc2c(c1C(C)(C)O)CCCCC2. The van der Waals surface area contributed by atoms with Crippen LogP contribution < -0.4 is 4.74 Å². The van der Waals surface area contributed by atoms with Crippen LogP contribution in [-0.4, -0.2) is 12.2 Å². The van der Waals surface area contributed by atoms with Crippen molar-refractivity contribution in [3.63, 3.8) is 0 Å². The molecule has 0 atom stereocenters. The van der Waals surface area contributed by atoms with Gasteiger partial charge in [-0.3, -0.25) is 0 Å². The summed E-state index contributed by atoms with van der Waals surface area (Å²) in [5, 5.41) is 10.5. The molecule has 0 fully saturated rings. The zero-order valence-electron chi connectivity index (χ0n) is 11.3. The third-order valence-electron chi connectivity index (χ3n) is 3.62. The maximum Gasteiger partial charge on any atom is 0.139 e. The molecule has 2 nitrogen and oxygen atoms in total. The molecular weight excluding hydrogens is 292 g/mol. The van der Waals surface area contributed by atoms with Gasteiger partial charge in [0.05, 0.1) is 17.2 Å². The van der Waals surface area contributed by atoms with Gasteiger partial charge in [-0.1, -0.05) is 6.42 Å². The lowest BCUT2D eigenvalue weighted by Gasteiger charge is -2.27. The molecule has 2 rings (SSSR count). The van der Waals surface area contributed by atoms with E-state index in [0.29, 0.717) is 0 Å². The molecular formula is C15H21BrO2. The van der Waals surface area contributed by atoms with Crippen LogP contribution in [-0.2, 0) is 18.4 Å². The monoisotopic (exact) mass is 312 g/mol. The molecule has 0 aliphatic heterocycles. The molecule has 3 heteroatoms. The lowest BCUT2D eigenvalue weighted by atomic mass is 9.87. The highest BCUT2D eigenvalue weighted by Crippen LogP contribution is 2.42. The molecule has 0 bridgehead atoms. The van der Waals surface area contributed by atoms with Crippen LogP contribution in [0.1, 0.15) is 49.8 Å². The van der Waals surface area contributed by atoms with E-state index in [-0.39, 0.29) is 0 Å². The smallest absolute Gasteiger partial charge is 0.139 e. The van der Waals surface area contributed by atoms with E-state index < -0.39 is 5.60 Å². The Morgan fingerprint density at radius 2 is 1.89 bits per heavy atom. The second-order valence-corrected chi connectivity index (χ2v) is 6.38. The Morgan fingerprint density at radius 3 is 2.50 bits per heavy atom. The van der Waals surface area contributed by atoms with Crippen molar-refractivity contribution in [2.75, 3.05) is 7.11 Å². The van der Waals surface area contributed by atoms with Gasteiger partial charge in [0.2, 0.25) is 0 Å². The molecule has 0 radical (unpaired) electrons. The Bertz CT molecular complexity index is 447. The van der Waals surface area contributed by atoms with Crippen LogP contribution in [0.15, 0.2) is 10.5 Å². The van der Waals surface area contributed by atoms with Crippen LogP contribution in [0.3, 0.4) is 0 Å². The summed E-state index contributed by atoms with van der Waals surface area (Å²) in [6.45, 7) is 3.67. The average Bonchev–Trinajstić information content (AvgIpc) is 2.50. The summed E-state index contributed by atoms with van der Waals surface area (Å²) in [6.07, 6.45) is 5.83. The lowest BCUT2D eigenvalue weighted by Crippen LogP contribution is -2.20. The van der Waals surface area contributed by atoms with E-state index in [1.54, 1.807) is 7.11 Å². The Morgan fingerprint density at radius 1 is 1.22 bits per heavy atom. The summed E-state index contributed by atoms with van der Waals surface area (Å²) in [5.74, 6) is 0.781. The topological polar surface area (TPSA) is 29.5 Å². The summed E-state index contributed by atoms with van der Waals surface area (Å²) < 4.78 is 6.45. The molecule has 1 aliphatic carbocycles. The number of halogens is 1. The number of hydrogen-bond acceptors (Lipinski definition) is 2. The fourth-order valence-corrected chi connectivity index (χ4v) is 3.51. The van der Waals surface area contributed by atoms with E-state index in [1.165, 1.54) is 30.4 Å². The first-order valence-electron chi connectivity index (χ1n) is 6.56. The number of aliphatic hydroxyl groups is 1. The molecule has 0 aromatic heterocycles. The summed E-state index contributed by atoms with van der Waals surface area (Å²) in [7, 11) is 1.67. The second-order valence-electron chi connectivity index (χ2n) is 5.52. The van der Waals surface area contributed by atoms with Crippen LogP contribution in [0.5, 0.6) is 5.75 Å². The predicted molar refractivity (Wildman–Crippen MR) is 77.2 cm³/mol. The van der Waals surface area contributed by atoms with Crippen LogP contribution in [0.4, 0.5) is 0 Å². The Balaban J connectivity index is 2.69. The van der Waals surface area contributed by atoms with Crippen molar-refractivity contribution in [3.05, 3.63) is 27.2 Å². The van der Waals surface area contributed by atoms with E-state index in [1.807, 2.05) is 13.8 Å². The third-order valence-corrected chi connectivity index (χ3v) is 4.21. The highest BCUT2D eigenvalue weighted by molar-refractivity contribution is 9.10. The Kier molecular flexibility index (Phi) is 4.02. The molecule has 0 saturated heterocycles.